The van der Waals surface area contributed by atoms with Crippen molar-refractivity contribution in [2.45, 2.75) is 11.5 Å². The Labute approximate surface area is 116 Å². The number of nitrogens with zero attached hydrogens (tertiary/aromatic N) is 1. The van der Waals surface area contributed by atoms with Gasteiger partial charge >= 0.3 is 0 Å². The Morgan fingerprint density at radius 1 is 1.10 bits per heavy atom. The summed E-state index contributed by atoms with van der Waals surface area (Å²) in [6, 6.07) is 13.3. The highest BCUT2D eigenvalue weighted by molar-refractivity contribution is 7.90. The summed E-state index contributed by atoms with van der Waals surface area (Å²) in [5, 5.41) is 9.08. The van der Waals surface area contributed by atoms with Crippen molar-refractivity contribution >= 4 is 15.9 Å². The summed E-state index contributed by atoms with van der Waals surface area (Å²) in [6.45, 7) is -0.113. The van der Waals surface area contributed by atoms with Gasteiger partial charge in [0.15, 0.2) is 0 Å². The molecule has 0 bridgehead atoms. The normalized spacial score (nSPS) is 15.6. The van der Waals surface area contributed by atoms with E-state index in [2.05, 4.69) is 4.40 Å². The van der Waals surface area contributed by atoms with Crippen molar-refractivity contribution in [2.24, 2.45) is 4.40 Å². The van der Waals surface area contributed by atoms with Gasteiger partial charge in [-0.25, -0.2) is 0 Å². The molecule has 1 aliphatic heterocycles. The third kappa shape index (κ3) is 2.19. The zero-order chi connectivity index (χ0) is 14.2. The van der Waals surface area contributed by atoms with Gasteiger partial charge in [-0.3, -0.25) is 0 Å². The minimum Gasteiger partial charge on any atom is -0.438 e. The van der Waals surface area contributed by atoms with E-state index in [4.69, 9.17) is 9.84 Å². The van der Waals surface area contributed by atoms with E-state index in [0.29, 0.717) is 16.9 Å². The lowest BCUT2D eigenvalue weighted by Gasteiger charge is -2.06. The second kappa shape index (κ2) is 4.73. The van der Waals surface area contributed by atoms with E-state index < -0.39 is 10.0 Å². The highest BCUT2D eigenvalue weighted by Gasteiger charge is 2.29. The van der Waals surface area contributed by atoms with E-state index in [9.17, 15) is 8.42 Å². The Balaban J connectivity index is 2.00. The van der Waals surface area contributed by atoms with Gasteiger partial charge in [-0.15, -0.1) is 4.40 Å². The molecule has 6 heteroatoms. The molecule has 0 radical (unpaired) electrons. The molecule has 2 aromatic rings. The highest BCUT2D eigenvalue weighted by Crippen LogP contribution is 2.27. The molecule has 5 nitrogen and oxygen atoms in total. The third-order valence-electron chi connectivity index (χ3n) is 2.89. The van der Waals surface area contributed by atoms with E-state index in [0.717, 1.165) is 0 Å². The van der Waals surface area contributed by atoms with Crippen LogP contribution < -0.4 is 4.74 Å². The quantitative estimate of drug-likeness (QED) is 0.913. The van der Waals surface area contributed by atoms with Gasteiger partial charge in [0, 0.05) is 0 Å². The molecule has 0 unspecified atom stereocenters. The molecule has 1 N–H and O–H groups in total. The van der Waals surface area contributed by atoms with Crippen LogP contribution in [0.3, 0.4) is 0 Å². The summed E-state index contributed by atoms with van der Waals surface area (Å²) < 4.78 is 32.9. The number of aliphatic hydroxyl groups is 1. The van der Waals surface area contributed by atoms with Crippen LogP contribution in [0.2, 0.25) is 0 Å². The van der Waals surface area contributed by atoms with Crippen LogP contribution in [0.15, 0.2) is 57.8 Å². The largest absolute Gasteiger partial charge is 0.438 e. The molecular formula is C14H11NO4S. The smallest absolute Gasteiger partial charge is 0.286 e. The first kappa shape index (κ1) is 12.8. The number of hydrogen-bond donors (Lipinski definition) is 1. The van der Waals surface area contributed by atoms with E-state index in [1.807, 2.05) is 0 Å². The zero-order valence-corrected chi connectivity index (χ0v) is 11.2. The van der Waals surface area contributed by atoms with Crippen LogP contribution in [0.25, 0.3) is 0 Å². The van der Waals surface area contributed by atoms with Crippen molar-refractivity contribution in [3.05, 3.63) is 59.7 Å². The van der Waals surface area contributed by atoms with Crippen molar-refractivity contribution in [1.29, 1.82) is 0 Å². The molecule has 0 saturated carbocycles. The fourth-order valence-electron chi connectivity index (χ4n) is 1.97. The van der Waals surface area contributed by atoms with Crippen molar-refractivity contribution in [1.82, 2.24) is 0 Å². The second-order valence-corrected chi connectivity index (χ2v) is 5.85. The van der Waals surface area contributed by atoms with E-state index in [-0.39, 0.29) is 17.4 Å². The monoisotopic (exact) mass is 289 g/mol. The Morgan fingerprint density at radius 2 is 1.90 bits per heavy atom. The third-order valence-corrected chi connectivity index (χ3v) is 4.21. The Bertz CT molecular complexity index is 796. The Kier molecular flexibility index (Phi) is 3.04. The van der Waals surface area contributed by atoms with Gasteiger partial charge in [-0.05, 0) is 29.8 Å². The van der Waals surface area contributed by atoms with Gasteiger partial charge in [0.25, 0.3) is 10.0 Å². The maximum Gasteiger partial charge on any atom is 0.286 e. The number of hydrogen-bond acceptors (Lipinski definition) is 4. The van der Waals surface area contributed by atoms with Crippen LogP contribution in [0.1, 0.15) is 11.1 Å². The molecule has 3 rings (SSSR count). The molecule has 1 heterocycles. The van der Waals surface area contributed by atoms with Crippen LogP contribution in [0.4, 0.5) is 0 Å². The van der Waals surface area contributed by atoms with Crippen molar-refractivity contribution in [3.8, 4) is 5.75 Å². The summed E-state index contributed by atoms with van der Waals surface area (Å²) in [5.74, 6) is 0.484. The minimum atomic E-state index is -3.68. The molecular weight excluding hydrogens is 278 g/mol. The maximum atomic E-state index is 11.9. The average Bonchev–Trinajstić information content (AvgIpc) is 2.71. The molecule has 0 aromatic heterocycles. The molecule has 0 atom stereocenters. The molecule has 102 valence electrons. The molecule has 0 amide bonds. The molecule has 0 spiro atoms. The van der Waals surface area contributed by atoms with Crippen molar-refractivity contribution in [2.75, 3.05) is 0 Å². The van der Waals surface area contributed by atoms with E-state index >= 15 is 0 Å². The van der Waals surface area contributed by atoms with Crippen LogP contribution in [-0.4, -0.2) is 19.4 Å². The summed E-state index contributed by atoms with van der Waals surface area (Å²) in [6.07, 6.45) is 0. The molecule has 0 fully saturated rings. The minimum absolute atomic E-state index is 0.0516. The highest BCUT2D eigenvalue weighted by atomic mass is 32.2. The van der Waals surface area contributed by atoms with Gasteiger partial charge in [0.2, 0.25) is 5.90 Å². The predicted octanol–water partition coefficient (Wildman–Crippen LogP) is 1.71. The summed E-state index contributed by atoms with van der Waals surface area (Å²) >= 11 is 0. The van der Waals surface area contributed by atoms with E-state index in [1.54, 1.807) is 42.5 Å². The fourth-order valence-corrected chi connectivity index (χ4v) is 3.10. The molecule has 0 aliphatic carbocycles. The lowest BCUT2D eigenvalue weighted by atomic mass is 10.2. The first-order valence-electron chi connectivity index (χ1n) is 5.92. The topological polar surface area (TPSA) is 76.0 Å². The number of sulfonamides is 1. The maximum absolute atomic E-state index is 11.9. The van der Waals surface area contributed by atoms with Crippen LogP contribution in [-0.2, 0) is 16.6 Å². The Hall–Kier alpha value is -2.18. The van der Waals surface area contributed by atoms with Crippen LogP contribution in [0, 0.1) is 0 Å². The van der Waals surface area contributed by atoms with E-state index in [1.165, 1.54) is 6.07 Å². The van der Waals surface area contributed by atoms with Crippen LogP contribution >= 0.6 is 0 Å². The van der Waals surface area contributed by atoms with Gasteiger partial charge in [-0.1, -0.05) is 24.3 Å². The second-order valence-electron chi connectivity index (χ2n) is 4.28. The van der Waals surface area contributed by atoms with Gasteiger partial charge in [0.05, 0.1) is 12.2 Å². The van der Waals surface area contributed by atoms with Crippen LogP contribution in [0.5, 0.6) is 5.75 Å². The molecule has 1 aliphatic rings. The Morgan fingerprint density at radius 3 is 2.70 bits per heavy atom. The number of fused-ring (bicyclic) bond motifs is 1. The lowest BCUT2D eigenvalue weighted by molar-refractivity contribution is 0.281. The fraction of sp³-hybridized carbons (Fsp3) is 0.0714. The van der Waals surface area contributed by atoms with Crippen molar-refractivity contribution in [3.63, 3.8) is 0 Å². The number of benzene rings is 2. The number of rotatable bonds is 2. The molecule has 2 aromatic carbocycles. The summed E-state index contributed by atoms with van der Waals surface area (Å²) in [5.41, 5.74) is 1.12. The van der Waals surface area contributed by atoms with Gasteiger partial charge in [-0.2, -0.15) is 8.42 Å². The SMILES string of the molecule is O=S1(=O)N=C(Oc2cccc(CO)c2)c2ccccc21. The summed E-state index contributed by atoms with van der Waals surface area (Å²) in [4.78, 5) is 0.147. The predicted molar refractivity (Wildman–Crippen MR) is 73.2 cm³/mol. The first-order chi connectivity index (χ1) is 9.60. The van der Waals surface area contributed by atoms with Gasteiger partial charge < -0.3 is 9.84 Å². The average molecular weight is 289 g/mol. The standard InChI is InChI=1S/C14H11NO4S/c16-9-10-4-3-5-11(8-10)19-14-12-6-1-2-7-13(12)20(17,18)15-14/h1-8,16H,9H2. The number of ether oxygens (including phenoxy) is 1. The zero-order valence-electron chi connectivity index (χ0n) is 10.4. The number of aliphatic hydroxyl groups excluding tert-OH is 1. The van der Waals surface area contributed by atoms with Gasteiger partial charge in [0.1, 0.15) is 10.6 Å². The lowest BCUT2D eigenvalue weighted by Crippen LogP contribution is -2.07. The summed E-state index contributed by atoms with van der Waals surface area (Å²) in [7, 11) is -3.68. The first-order valence-corrected chi connectivity index (χ1v) is 7.36. The molecule has 0 saturated heterocycles. The molecule has 20 heavy (non-hydrogen) atoms. The van der Waals surface area contributed by atoms with Crippen molar-refractivity contribution < 1.29 is 18.3 Å².